The van der Waals surface area contributed by atoms with E-state index in [2.05, 4.69) is 15.8 Å². The van der Waals surface area contributed by atoms with Crippen molar-refractivity contribution in [1.82, 2.24) is 0 Å². The molecule has 2 aromatic carbocycles. The third-order valence-electron chi connectivity index (χ3n) is 3.61. The smallest absolute Gasteiger partial charge is 0.418 e. The molecule has 2 N–H and O–H groups in total. The van der Waals surface area contributed by atoms with Crippen LogP contribution in [-0.4, -0.2) is 18.2 Å². The van der Waals surface area contributed by atoms with Crippen molar-refractivity contribution in [2.24, 2.45) is 5.10 Å². The first kappa shape index (κ1) is 16.8. The lowest BCUT2D eigenvalue weighted by molar-refractivity contribution is -0.137. The summed E-state index contributed by atoms with van der Waals surface area (Å²) in [5.74, 6) is 0.267. The average molecular weight is 349 g/mol. The number of halogens is 3. The largest absolute Gasteiger partial charge is 0.482 e. The van der Waals surface area contributed by atoms with Gasteiger partial charge in [0, 0.05) is 0 Å². The Morgan fingerprint density at radius 2 is 2.00 bits per heavy atom. The Kier molecular flexibility index (Phi) is 4.35. The molecule has 0 aliphatic carbocycles. The molecule has 5 nitrogen and oxygen atoms in total. The van der Waals surface area contributed by atoms with Crippen molar-refractivity contribution in [3.8, 4) is 5.75 Å². The molecular formula is C17H14F3N3O2. The molecule has 130 valence electrons. The molecule has 0 unspecified atom stereocenters. The minimum atomic E-state index is -4.47. The number of rotatable bonds is 3. The minimum absolute atomic E-state index is 0.0464. The Morgan fingerprint density at radius 1 is 1.24 bits per heavy atom. The Bertz CT molecular complexity index is 847. The lowest BCUT2D eigenvalue weighted by Crippen LogP contribution is -2.25. The van der Waals surface area contributed by atoms with Crippen LogP contribution >= 0.6 is 0 Å². The monoisotopic (exact) mass is 349 g/mol. The topological polar surface area (TPSA) is 62.7 Å². The summed E-state index contributed by atoms with van der Waals surface area (Å²) in [5.41, 5.74) is 3.12. The number of nitrogens with zero attached hydrogens (tertiary/aromatic N) is 1. The van der Waals surface area contributed by atoms with Gasteiger partial charge in [0.15, 0.2) is 6.61 Å². The van der Waals surface area contributed by atoms with E-state index in [-0.39, 0.29) is 18.2 Å². The maximum atomic E-state index is 13.0. The summed E-state index contributed by atoms with van der Waals surface area (Å²) in [7, 11) is 0. The van der Waals surface area contributed by atoms with Crippen LogP contribution in [0.5, 0.6) is 5.75 Å². The average Bonchev–Trinajstić information content (AvgIpc) is 2.58. The first-order chi connectivity index (χ1) is 11.8. The van der Waals surface area contributed by atoms with Crippen LogP contribution in [-0.2, 0) is 11.0 Å². The molecule has 0 fully saturated rings. The van der Waals surface area contributed by atoms with Crippen LogP contribution in [0.2, 0.25) is 0 Å². The van der Waals surface area contributed by atoms with E-state index in [1.54, 1.807) is 25.1 Å². The molecule has 1 amide bonds. The van der Waals surface area contributed by atoms with E-state index < -0.39 is 11.7 Å². The number of para-hydroxylation sites is 1. The van der Waals surface area contributed by atoms with Crippen molar-refractivity contribution < 1.29 is 22.7 Å². The number of benzene rings is 2. The Hall–Kier alpha value is -3.03. The third kappa shape index (κ3) is 3.73. The predicted octanol–water partition coefficient (Wildman–Crippen LogP) is 3.87. The Morgan fingerprint density at radius 3 is 2.76 bits per heavy atom. The van der Waals surface area contributed by atoms with Gasteiger partial charge >= 0.3 is 6.18 Å². The molecule has 0 atom stereocenters. The van der Waals surface area contributed by atoms with Gasteiger partial charge in [-0.15, -0.1) is 0 Å². The number of hydrogen-bond acceptors (Lipinski definition) is 4. The molecule has 8 heteroatoms. The number of carbonyl (C=O) groups excluding carboxylic acids is 1. The molecule has 2 aromatic rings. The second kappa shape index (κ2) is 6.46. The highest BCUT2D eigenvalue weighted by molar-refractivity contribution is 6.02. The fourth-order valence-corrected chi connectivity index (χ4v) is 2.34. The van der Waals surface area contributed by atoms with Crippen LogP contribution in [0.15, 0.2) is 47.6 Å². The number of amides is 1. The van der Waals surface area contributed by atoms with E-state index in [1.807, 2.05) is 0 Å². The summed E-state index contributed by atoms with van der Waals surface area (Å²) in [4.78, 5) is 11.4. The summed E-state index contributed by atoms with van der Waals surface area (Å²) >= 11 is 0. The van der Waals surface area contributed by atoms with Gasteiger partial charge in [-0.3, -0.25) is 10.2 Å². The maximum Gasteiger partial charge on any atom is 0.418 e. The molecule has 0 bridgehead atoms. The highest BCUT2D eigenvalue weighted by Crippen LogP contribution is 2.34. The van der Waals surface area contributed by atoms with Crippen LogP contribution in [0.3, 0.4) is 0 Å². The van der Waals surface area contributed by atoms with Crippen LogP contribution in [0, 0.1) is 0 Å². The summed E-state index contributed by atoms with van der Waals surface area (Å²) in [6.45, 7) is 1.60. The highest BCUT2D eigenvalue weighted by Gasteiger charge is 2.33. The van der Waals surface area contributed by atoms with E-state index in [0.717, 1.165) is 6.07 Å². The number of nitrogens with one attached hydrogen (secondary N) is 2. The molecule has 0 saturated carbocycles. The molecule has 3 rings (SSSR count). The molecule has 25 heavy (non-hydrogen) atoms. The van der Waals surface area contributed by atoms with Crippen molar-refractivity contribution in [3.05, 3.63) is 53.6 Å². The normalized spacial score (nSPS) is 14.4. The van der Waals surface area contributed by atoms with Crippen LogP contribution in [0.4, 0.5) is 24.5 Å². The van der Waals surface area contributed by atoms with E-state index in [1.165, 1.54) is 18.2 Å². The minimum Gasteiger partial charge on any atom is -0.482 e. The molecule has 0 saturated heterocycles. The van der Waals surface area contributed by atoms with Gasteiger partial charge in [-0.2, -0.15) is 18.3 Å². The number of hydrazone groups is 1. The zero-order valence-electron chi connectivity index (χ0n) is 13.1. The van der Waals surface area contributed by atoms with Gasteiger partial charge in [-0.1, -0.05) is 12.1 Å². The Labute approximate surface area is 141 Å². The predicted molar refractivity (Wildman–Crippen MR) is 87.8 cm³/mol. The first-order valence-corrected chi connectivity index (χ1v) is 7.38. The van der Waals surface area contributed by atoms with Crippen molar-refractivity contribution in [1.29, 1.82) is 0 Å². The van der Waals surface area contributed by atoms with Gasteiger partial charge in [0.1, 0.15) is 5.75 Å². The summed E-state index contributed by atoms with van der Waals surface area (Å²) < 4.78 is 44.2. The number of carbonyl (C=O) groups is 1. The SMILES string of the molecule is C/C(=N/Nc1ccccc1C(F)(F)F)c1ccc2c(c1)NC(=O)CO2. The van der Waals surface area contributed by atoms with Crippen molar-refractivity contribution in [2.45, 2.75) is 13.1 Å². The number of ether oxygens (including phenoxy) is 1. The standard InChI is InChI=1S/C17H14F3N3O2/c1-10(11-6-7-15-14(8-11)21-16(24)9-25-15)22-23-13-5-3-2-4-12(13)17(18,19)20/h2-8,23H,9H2,1H3,(H,21,24)/b22-10-. The molecule has 1 aliphatic rings. The summed E-state index contributed by atoms with van der Waals surface area (Å²) in [6, 6.07) is 10.1. The highest BCUT2D eigenvalue weighted by atomic mass is 19.4. The van der Waals surface area contributed by atoms with Gasteiger partial charge in [0.25, 0.3) is 5.91 Å². The number of alkyl halides is 3. The van der Waals surface area contributed by atoms with E-state index in [0.29, 0.717) is 22.7 Å². The van der Waals surface area contributed by atoms with E-state index >= 15 is 0 Å². The molecule has 0 radical (unpaired) electrons. The Balaban J connectivity index is 1.84. The zero-order chi connectivity index (χ0) is 18.0. The fourth-order valence-electron chi connectivity index (χ4n) is 2.34. The van der Waals surface area contributed by atoms with Crippen LogP contribution < -0.4 is 15.5 Å². The second-order valence-corrected chi connectivity index (χ2v) is 5.40. The molecule has 0 spiro atoms. The maximum absolute atomic E-state index is 13.0. The third-order valence-corrected chi connectivity index (χ3v) is 3.61. The van der Waals surface area contributed by atoms with Crippen molar-refractivity contribution in [2.75, 3.05) is 17.3 Å². The fraction of sp³-hybridized carbons (Fsp3) is 0.176. The van der Waals surface area contributed by atoms with Crippen molar-refractivity contribution >= 4 is 23.0 Å². The quantitative estimate of drug-likeness (QED) is 0.653. The van der Waals surface area contributed by atoms with Crippen LogP contribution in [0.1, 0.15) is 18.1 Å². The zero-order valence-corrected chi connectivity index (χ0v) is 13.1. The molecule has 1 heterocycles. The summed E-state index contributed by atoms with van der Waals surface area (Å²) in [6.07, 6.45) is -4.47. The van der Waals surface area contributed by atoms with E-state index in [4.69, 9.17) is 4.74 Å². The van der Waals surface area contributed by atoms with Gasteiger partial charge in [-0.25, -0.2) is 0 Å². The lowest BCUT2D eigenvalue weighted by Gasteiger charge is -2.18. The number of anilines is 2. The number of hydrogen-bond donors (Lipinski definition) is 2. The molecular weight excluding hydrogens is 335 g/mol. The second-order valence-electron chi connectivity index (χ2n) is 5.40. The van der Waals surface area contributed by atoms with Gasteiger partial charge in [0.2, 0.25) is 0 Å². The lowest BCUT2D eigenvalue weighted by atomic mass is 10.1. The molecule has 0 aromatic heterocycles. The van der Waals surface area contributed by atoms with Crippen LogP contribution in [0.25, 0.3) is 0 Å². The molecule has 1 aliphatic heterocycles. The van der Waals surface area contributed by atoms with Gasteiger partial charge < -0.3 is 10.1 Å². The van der Waals surface area contributed by atoms with Crippen molar-refractivity contribution in [3.63, 3.8) is 0 Å². The van der Waals surface area contributed by atoms with E-state index in [9.17, 15) is 18.0 Å². The van der Waals surface area contributed by atoms with Gasteiger partial charge in [-0.05, 0) is 42.8 Å². The number of fused-ring (bicyclic) bond motifs is 1. The first-order valence-electron chi connectivity index (χ1n) is 7.38. The summed E-state index contributed by atoms with van der Waals surface area (Å²) in [5, 5.41) is 6.69. The van der Waals surface area contributed by atoms with Gasteiger partial charge in [0.05, 0.1) is 22.6 Å².